The minimum atomic E-state index is 0.557. The average Bonchev–Trinajstić information content (AvgIpc) is 2.69. The van der Waals surface area contributed by atoms with Gasteiger partial charge >= 0.3 is 0 Å². The molecule has 0 radical (unpaired) electrons. The van der Waals surface area contributed by atoms with Crippen molar-refractivity contribution in [3.63, 3.8) is 0 Å². The Hall–Kier alpha value is -1.52. The highest BCUT2D eigenvalue weighted by molar-refractivity contribution is 5.45. The zero-order chi connectivity index (χ0) is 17.9. The number of hydrogen-bond acceptors (Lipinski definition) is 4. The first-order valence-corrected chi connectivity index (χ1v) is 10.0. The van der Waals surface area contributed by atoms with Crippen LogP contribution in [0.3, 0.4) is 0 Å². The summed E-state index contributed by atoms with van der Waals surface area (Å²) >= 11 is 0. The molecule has 2 saturated carbocycles. The molecule has 0 spiro atoms. The summed E-state index contributed by atoms with van der Waals surface area (Å²) in [5, 5.41) is 3.88. The SMILES string of the molecule is COc1ccc([C@H]2[C@H]3CCCC[C@H]3[C@@H]2NCC2=CCCOC2)cc1OC. The lowest BCUT2D eigenvalue weighted by atomic mass is 9.53. The molecule has 0 saturated heterocycles. The second-order valence-corrected chi connectivity index (χ2v) is 7.86. The largest absolute Gasteiger partial charge is 0.493 e. The molecular formula is C22H31NO3. The molecule has 4 heteroatoms. The smallest absolute Gasteiger partial charge is 0.160 e. The first kappa shape index (κ1) is 17.9. The van der Waals surface area contributed by atoms with Crippen molar-refractivity contribution in [2.75, 3.05) is 34.0 Å². The van der Waals surface area contributed by atoms with Crippen molar-refractivity contribution in [2.24, 2.45) is 11.8 Å². The summed E-state index contributed by atoms with van der Waals surface area (Å²) in [4.78, 5) is 0. The number of nitrogens with one attached hydrogen (secondary N) is 1. The Morgan fingerprint density at radius 2 is 1.88 bits per heavy atom. The molecule has 4 nitrogen and oxygen atoms in total. The molecule has 0 bridgehead atoms. The van der Waals surface area contributed by atoms with Gasteiger partial charge in [-0.3, -0.25) is 0 Å². The van der Waals surface area contributed by atoms with Gasteiger partial charge in [-0.1, -0.05) is 25.0 Å². The Balaban J connectivity index is 1.52. The van der Waals surface area contributed by atoms with Gasteiger partial charge in [0.25, 0.3) is 0 Å². The number of ether oxygens (including phenoxy) is 3. The Bertz CT molecular complexity index is 657. The third-order valence-electron chi connectivity index (χ3n) is 6.52. The second kappa shape index (κ2) is 8.01. The van der Waals surface area contributed by atoms with E-state index in [1.54, 1.807) is 14.2 Å². The molecule has 2 fully saturated rings. The highest BCUT2D eigenvalue weighted by atomic mass is 16.5. The minimum absolute atomic E-state index is 0.557. The molecule has 1 heterocycles. The van der Waals surface area contributed by atoms with Crippen LogP contribution in [0.1, 0.15) is 43.6 Å². The summed E-state index contributed by atoms with van der Waals surface area (Å²) in [6.07, 6.45) is 8.86. The highest BCUT2D eigenvalue weighted by Crippen LogP contribution is 2.55. The van der Waals surface area contributed by atoms with Crippen LogP contribution in [0, 0.1) is 11.8 Å². The van der Waals surface area contributed by atoms with E-state index in [-0.39, 0.29) is 0 Å². The van der Waals surface area contributed by atoms with Crippen LogP contribution in [0.25, 0.3) is 0 Å². The first-order chi connectivity index (χ1) is 12.8. The van der Waals surface area contributed by atoms with E-state index in [0.717, 1.165) is 49.5 Å². The van der Waals surface area contributed by atoms with Crippen molar-refractivity contribution in [3.8, 4) is 11.5 Å². The zero-order valence-corrected chi connectivity index (χ0v) is 16.0. The molecule has 26 heavy (non-hydrogen) atoms. The summed E-state index contributed by atoms with van der Waals surface area (Å²) in [6.45, 7) is 2.61. The van der Waals surface area contributed by atoms with Crippen molar-refractivity contribution in [2.45, 2.75) is 44.1 Å². The van der Waals surface area contributed by atoms with Gasteiger partial charge in [0.05, 0.1) is 27.4 Å². The Morgan fingerprint density at radius 1 is 1.08 bits per heavy atom. The third-order valence-corrected chi connectivity index (χ3v) is 6.52. The number of hydrogen-bond donors (Lipinski definition) is 1. The van der Waals surface area contributed by atoms with Gasteiger partial charge in [-0.15, -0.1) is 0 Å². The first-order valence-electron chi connectivity index (χ1n) is 10.0. The maximum atomic E-state index is 5.60. The minimum Gasteiger partial charge on any atom is -0.493 e. The fourth-order valence-electron chi connectivity index (χ4n) is 5.24. The maximum absolute atomic E-state index is 5.60. The predicted molar refractivity (Wildman–Crippen MR) is 103 cm³/mol. The third kappa shape index (κ3) is 3.37. The molecular weight excluding hydrogens is 326 g/mol. The molecule has 0 unspecified atom stereocenters. The Kier molecular flexibility index (Phi) is 5.51. The summed E-state index contributed by atoms with van der Waals surface area (Å²) in [7, 11) is 3.42. The van der Waals surface area contributed by atoms with E-state index in [0.29, 0.717) is 12.0 Å². The molecule has 1 aliphatic heterocycles. The number of fused-ring (bicyclic) bond motifs is 1. The molecule has 0 aromatic heterocycles. The summed E-state index contributed by atoms with van der Waals surface area (Å²) in [5.41, 5.74) is 2.79. The van der Waals surface area contributed by atoms with E-state index in [1.807, 2.05) is 0 Å². The highest BCUT2D eigenvalue weighted by Gasteiger charge is 2.51. The van der Waals surface area contributed by atoms with Crippen molar-refractivity contribution in [1.82, 2.24) is 5.32 Å². The lowest BCUT2D eigenvalue weighted by Gasteiger charge is -2.55. The molecule has 2 aliphatic carbocycles. The van der Waals surface area contributed by atoms with Crippen LogP contribution in [-0.2, 0) is 4.74 Å². The van der Waals surface area contributed by atoms with E-state index in [2.05, 4.69) is 29.6 Å². The normalized spacial score (nSPS) is 30.8. The van der Waals surface area contributed by atoms with Gasteiger partial charge < -0.3 is 19.5 Å². The lowest BCUT2D eigenvalue weighted by Crippen LogP contribution is -2.58. The topological polar surface area (TPSA) is 39.7 Å². The second-order valence-electron chi connectivity index (χ2n) is 7.86. The van der Waals surface area contributed by atoms with E-state index >= 15 is 0 Å². The van der Waals surface area contributed by atoms with Gasteiger partial charge in [-0.25, -0.2) is 0 Å². The van der Waals surface area contributed by atoms with Gasteiger partial charge in [0.1, 0.15) is 0 Å². The van der Waals surface area contributed by atoms with Crippen LogP contribution in [0.4, 0.5) is 0 Å². The van der Waals surface area contributed by atoms with Crippen LogP contribution >= 0.6 is 0 Å². The molecule has 1 aromatic rings. The lowest BCUT2D eigenvalue weighted by molar-refractivity contribution is 0.0270. The standard InChI is InChI=1S/C22H31NO3/c1-24-19-10-9-16(12-20(19)25-2)21-17-7-3-4-8-18(17)22(21)23-13-15-6-5-11-26-14-15/h6,9-10,12,17-18,21-23H,3-5,7-8,11,13-14H2,1-2H3/t17-,18+,21-,22-/m0/s1. The quantitative estimate of drug-likeness (QED) is 0.784. The van der Waals surface area contributed by atoms with E-state index < -0.39 is 0 Å². The molecule has 4 atom stereocenters. The molecule has 3 aliphatic rings. The number of methoxy groups -OCH3 is 2. The molecule has 142 valence electrons. The van der Waals surface area contributed by atoms with Gasteiger partial charge in [-0.05, 0) is 54.4 Å². The summed E-state index contributed by atoms with van der Waals surface area (Å²) in [5.74, 6) is 3.84. The van der Waals surface area contributed by atoms with Crippen molar-refractivity contribution in [1.29, 1.82) is 0 Å². The fraction of sp³-hybridized carbons (Fsp3) is 0.636. The van der Waals surface area contributed by atoms with Crippen LogP contribution < -0.4 is 14.8 Å². The number of rotatable bonds is 6. The van der Waals surface area contributed by atoms with E-state index in [4.69, 9.17) is 14.2 Å². The molecule has 0 amide bonds. The number of benzene rings is 1. The van der Waals surface area contributed by atoms with Gasteiger partial charge in [0.15, 0.2) is 11.5 Å². The molecule has 4 rings (SSSR count). The summed E-state index contributed by atoms with van der Waals surface area (Å²) in [6, 6.07) is 7.03. The van der Waals surface area contributed by atoms with Crippen molar-refractivity contribution in [3.05, 3.63) is 35.4 Å². The van der Waals surface area contributed by atoms with Crippen LogP contribution in [-0.4, -0.2) is 40.0 Å². The molecule has 1 N–H and O–H groups in total. The monoisotopic (exact) mass is 357 g/mol. The maximum Gasteiger partial charge on any atom is 0.160 e. The fourth-order valence-corrected chi connectivity index (χ4v) is 5.24. The summed E-state index contributed by atoms with van der Waals surface area (Å²) < 4.78 is 16.6. The molecule has 1 aromatic carbocycles. The van der Waals surface area contributed by atoms with Gasteiger partial charge in [-0.2, -0.15) is 0 Å². The van der Waals surface area contributed by atoms with Crippen molar-refractivity contribution < 1.29 is 14.2 Å². The van der Waals surface area contributed by atoms with Crippen LogP contribution in [0.15, 0.2) is 29.8 Å². The van der Waals surface area contributed by atoms with Crippen LogP contribution in [0.2, 0.25) is 0 Å². The predicted octanol–water partition coefficient (Wildman–Crippen LogP) is 3.91. The Labute approximate surface area is 156 Å². The zero-order valence-electron chi connectivity index (χ0n) is 16.0. The van der Waals surface area contributed by atoms with Gasteiger partial charge in [0.2, 0.25) is 0 Å². The van der Waals surface area contributed by atoms with Gasteiger partial charge in [0, 0.05) is 18.5 Å². The van der Waals surface area contributed by atoms with Crippen molar-refractivity contribution >= 4 is 0 Å². The van der Waals surface area contributed by atoms with Crippen LogP contribution in [0.5, 0.6) is 11.5 Å². The van der Waals surface area contributed by atoms with E-state index in [1.165, 1.54) is 36.8 Å². The Morgan fingerprint density at radius 3 is 2.62 bits per heavy atom. The van der Waals surface area contributed by atoms with E-state index in [9.17, 15) is 0 Å². The average molecular weight is 357 g/mol.